The lowest BCUT2D eigenvalue weighted by Gasteiger charge is -2.30. The highest BCUT2D eigenvalue weighted by Crippen LogP contribution is 2.36. The van der Waals surface area contributed by atoms with Gasteiger partial charge in [0.15, 0.2) is 11.5 Å². The van der Waals surface area contributed by atoms with Crippen LogP contribution in [0.1, 0.15) is 41.9 Å². The molecule has 0 unspecified atom stereocenters. The molecule has 0 atom stereocenters. The summed E-state index contributed by atoms with van der Waals surface area (Å²) >= 11 is 0. The lowest BCUT2D eigenvalue weighted by molar-refractivity contribution is -0.114. The van der Waals surface area contributed by atoms with Gasteiger partial charge in [-0.3, -0.25) is 9.59 Å². The van der Waals surface area contributed by atoms with E-state index in [-0.39, 0.29) is 24.5 Å². The molecule has 1 fully saturated rings. The van der Waals surface area contributed by atoms with Gasteiger partial charge in [-0.2, -0.15) is 4.98 Å². The van der Waals surface area contributed by atoms with E-state index in [0.717, 1.165) is 18.4 Å². The molecule has 32 heavy (non-hydrogen) atoms. The average Bonchev–Trinajstić information content (AvgIpc) is 3.48. The molecule has 2 amide bonds. The molecular formula is C23H22N4O5. The monoisotopic (exact) mass is 434 g/mol. The SMILES string of the molecule is CC(=O)Nc1ccc(C(=O)N2CCC(c3nc(-c4ccc5c(c4)OCO5)no3)CC2)cc1. The maximum absolute atomic E-state index is 12.8. The van der Waals surface area contributed by atoms with Crippen molar-refractivity contribution in [2.75, 3.05) is 25.2 Å². The molecule has 0 bridgehead atoms. The zero-order chi connectivity index (χ0) is 22.1. The van der Waals surface area contributed by atoms with E-state index in [0.29, 0.717) is 47.6 Å². The molecule has 2 aromatic carbocycles. The molecule has 0 spiro atoms. The van der Waals surface area contributed by atoms with E-state index in [1.54, 1.807) is 24.3 Å². The van der Waals surface area contributed by atoms with Gasteiger partial charge < -0.3 is 24.2 Å². The first-order valence-corrected chi connectivity index (χ1v) is 10.5. The minimum atomic E-state index is -0.145. The number of aromatic nitrogens is 2. The Kier molecular flexibility index (Phi) is 5.22. The fourth-order valence-electron chi connectivity index (χ4n) is 3.97. The van der Waals surface area contributed by atoms with Crippen molar-refractivity contribution in [1.29, 1.82) is 0 Å². The number of anilines is 1. The lowest BCUT2D eigenvalue weighted by Crippen LogP contribution is -2.38. The molecule has 1 aromatic heterocycles. The van der Waals surface area contributed by atoms with Crippen LogP contribution in [-0.4, -0.2) is 46.7 Å². The second-order valence-corrected chi connectivity index (χ2v) is 7.85. The number of hydrogen-bond acceptors (Lipinski definition) is 7. The van der Waals surface area contributed by atoms with Crippen molar-refractivity contribution in [2.24, 2.45) is 0 Å². The Morgan fingerprint density at radius 1 is 1.03 bits per heavy atom. The highest BCUT2D eigenvalue weighted by Gasteiger charge is 2.28. The first-order valence-electron chi connectivity index (χ1n) is 10.5. The lowest BCUT2D eigenvalue weighted by atomic mass is 9.96. The number of amides is 2. The number of nitrogens with one attached hydrogen (secondary N) is 1. The van der Waals surface area contributed by atoms with Crippen molar-refractivity contribution in [1.82, 2.24) is 15.0 Å². The molecule has 9 heteroatoms. The summed E-state index contributed by atoms with van der Waals surface area (Å²) in [6.45, 7) is 2.88. The van der Waals surface area contributed by atoms with Gasteiger partial charge in [0.1, 0.15) is 0 Å². The van der Waals surface area contributed by atoms with Crippen molar-refractivity contribution in [2.45, 2.75) is 25.7 Å². The number of fused-ring (bicyclic) bond motifs is 1. The van der Waals surface area contributed by atoms with Crippen molar-refractivity contribution < 1.29 is 23.6 Å². The van der Waals surface area contributed by atoms with Crippen LogP contribution in [0.2, 0.25) is 0 Å². The molecule has 164 valence electrons. The van der Waals surface area contributed by atoms with Gasteiger partial charge in [0.2, 0.25) is 24.4 Å². The number of nitrogens with zero attached hydrogens (tertiary/aromatic N) is 3. The summed E-state index contributed by atoms with van der Waals surface area (Å²) in [6.07, 6.45) is 1.50. The van der Waals surface area contributed by atoms with Crippen LogP contribution in [0.5, 0.6) is 11.5 Å². The number of carbonyl (C=O) groups is 2. The van der Waals surface area contributed by atoms with Gasteiger partial charge in [0.25, 0.3) is 5.91 Å². The largest absolute Gasteiger partial charge is 0.454 e. The fourth-order valence-corrected chi connectivity index (χ4v) is 3.97. The Morgan fingerprint density at radius 3 is 2.53 bits per heavy atom. The number of piperidine rings is 1. The second-order valence-electron chi connectivity index (χ2n) is 7.85. The Balaban J connectivity index is 1.20. The number of ether oxygens (including phenoxy) is 2. The average molecular weight is 434 g/mol. The Bertz CT molecular complexity index is 1150. The molecule has 3 heterocycles. The molecule has 0 saturated carbocycles. The van der Waals surface area contributed by atoms with Crippen LogP contribution in [0, 0.1) is 0 Å². The molecule has 1 saturated heterocycles. The molecule has 2 aliphatic rings. The van der Waals surface area contributed by atoms with Crippen molar-refractivity contribution in [3.8, 4) is 22.9 Å². The quantitative estimate of drug-likeness (QED) is 0.670. The smallest absolute Gasteiger partial charge is 0.253 e. The van der Waals surface area contributed by atoms with Crippen LogP contribution >= 0.6 is 0 Å². The molecule has 5 rings (SSSR count). The van der Waals surface area contributed by atoms with Gasteiger partial charge in [-0.1, -0.05) is 5.16 Å². The summed E-state index contributed by atoms with van der Waals surface area (Å²) in [4.78, 5) is 30.4. The van der Waals surface area contributed by atoms with E-state index in [9.17, 15) is 9.59 Å². The summed E-state index contributed by atoms with van der Waals surface area (Å²) in [7, 11) is 0. The zero-order valence-electron chi connectivity index (χ0n) is 17.5. The van der Waals surface area contributed by atoms with E-state index in [1.807, 2.05) is 23.1 Å². The van der Waals surface area contributed by atoms with Crippen molar-refractivity contribution in [3.05, 3.63) is 53.9 Å². The molecule has 2 aliphatic heterocycles. The van der Waals surface area contributed by atoms with Crippen LogP contribution in [0.3, 0.4) is 0 Å². The van der Waals surface area contributed by atoms with E-state index in [1.165, 1.54) is 6.92 Å². The second kappa shape index (κ2) is 8.33. The van der Waals surface area contributed by atoms with E-state index >= 15 is 0 Å². The predicted octanol–water partition coefficient (Wildman–Crippen LogP) is 3.44. The van der Waals surface area contributed by atoms with E-state index in [2.05, 4.69) is 15.5 Å². The number of likely N-dealkylation sites (tertiary alicyclic amines) is 1. The Morgan fingerprint density at radius 2 is 1.78 bits per heavy atom. The van der Waals surface area contributed by atoms with E-state index < -0.39 is 0 Å². The van der Waals surface area contributed by atoms with Gasteiger partial charge in [-0.25, -0.2) is 0 Å². The minimum absolute atomic E-state index is 0.0237. The normalized spacial score (nSPS) is 15.6. The predicted molar refractivity (Wildman–Crippen MR) is 114 cm³/mol. The number of carbonyl (C=O) groups excluding carboxylic acids is 2. The Labute approximate surface area is 184 Å². The van der Waals surface area contributed by atoms with Crippen LogP contribution in [0.25, 0.3) is 11.4 Å². The first kappa shape index (κ1) is 20.0. The van der Waals surface area contributed by atoms with Gasteiger partial charge >= 0.3 is 0 Å². The fraction of sp³-hybridized carbons (Fsp3) is 0.304. The zero-order valence-corrected chi connectivity index (χ0v) is 17.5. The van der Waals surface area contributed by atoms with Crippen LogP contribution in [0.4, 0.5) is 5.69 Å². The summed E-state index contributed by atoms with van der Waals surface area (Å²) < 4.78 is 16.3. The summed E-state index contributed by atoms with van der Waals surface area (Å²) in [5.41, 5.74) is 2.07. The van der Waals surface area contributed by atoms with Crippen LogP contribution < -0.4 is 14.8 Å². The Hall–Kier alpha value is -3.88. The molecule has 3 aromatic rings. The number of rotatable bonds is 4. The summed E-state index contributed by atoms with van der Waals surface area (Å²) in [5, 5.41) is 6.82. The van der Waals surface area contributed by atoms with Crippen molar-refractivity contribution in [3.63, 3.8) is 0 Å². The van der Waals surface area contributed by atoms with Crippen molar-refractivity contribution >= 4 is 17.5 Å². The third kappa shape index (κ3) is 4.01. The topological polar surface area (TPSA) is 107 Å². The van der Waals surface area contributed by atoms with Crippen LogP contribution in [0.15, 0.2) is 47.0 Å². The molecule has 1 N–H and O–H groups in total. The van der Waals surface area contributed by atoms with Crippen LogP contribution in [-0.2, 0) is 4.79 Å². The standard InChI is InChI=1S/C23H22N4O5/c1-14(28)24-18-5-2-16(3-6-18)23(29)27-10-8-15(9-11-27)22-25-21(26-32-22)17-4-7-19-20(12-17)31-13-30-19/h2-7,12,15H,8-11,13H2,1H3,(H,24,28). The highest BCUT2D eigenvalue weighted by molar-refractivity contribution is 5.95. The van der Waals surface area contributed by atoms with E-state index in [4.69, 9.17) is 14.0 Å². The molecule has 0 radical (unpaired) electrons. The highest BCUT2D eigenvalue weighted by atomic mass is 16.7. The summed E-state index contributed by atoms with van der Waals surface area (Å²) in [6, 6.07) is 12.5. The number of hydrogen-bond donors (Lipinski definition) is 1. The maximum atomic E-state index is 12.8. The third-order valence-electron chi connectivity index (χ3n) is 5.66. The van der Waals surface area contributed by atoms with Gasteiger partial charge in [-0.05, 0) is 55.3 Å². The van der Waals surface area contributed by atoms with Gasteiger partial charge in [-0.15, -0.1) is 0 Å². The molecular weight excluding hydrogens is 412 g/mol. The molecule has 0 aliphatic carbocycles. The maximum Gasteiger partial charge on any atom is 0.253 e. The third-order valence-corrected chi connectivity index (χ3v) is 5.66. The van der Waals surface area contributed by atoms with Gasteiger partial charge in [0, 0.05) is 42.7 Å². The minimum Gasteiger partial charge on any atom is -0.454 e. The van der Waals surface area contributed by atoms with Gasteiger partial charge in [0.05, 0.1) is 0 Å². The first-order chi connectivity index (χ1) is 15.6. The molecule has 9 nitrogen and oxygen atoms in total. The number of benzene rings is 2. The summed E-state index contributed by atoms with van der Waals surface area (Å²) in [5.74, 6) is 2.42.